The number of likely N-dealkylation sites (tertiary alicyclic amines) is 1. The molecule has 33 heavy (non-hydrogen) atoms. The Hall–Kier alpha value is -3.35. The molecule has 7 heteroatoms. The molecule has 1 saturated heterocycles. The Bertz CT molecular complexity index is 949. The molecule has 0 radical (unpaired) electrons. The van der Waals surface area contributed by atoms with Gasteiger partial charge >= 0.3 is 6.16 Å². The third-order valence-electron chi connectivity index (χ3n) is 5.97. The molecule has 0 aromatic heterocycles. The summed E-state index contributed by atoms with van der Waals surface area (Å²) in [5.74, 6) is 0.700. The molecule has 0 aliphatic carbocycles. The maximum atomic E-state index is 12.6. The standard InChI is InChI=1S/C26H32N2O5/c1-3-32-26(31)33-23-11-8-22(9-12-23)25(30)27-18-20-14-16-28(17-15-20)24(29)13-10-21-7-5-4-6-19(21)2/h4-9,11-12,20H,3,10,13-18H2,1-2H3,(H,27,30). The summed E-state index contributed by atoms with van der Waals surface area (Å²) in [4.78, 5) is 38.3. The predicted octanol–water partition coefficient (Wildman–Crippen LogP) is 4.13. The quantitative estimate of drug-likeness (QED) is 0.481. The Balaban J connectivity index is 1.37. The van der Waals surface area contributed by atoms with Crippen LogP contribution in [0.2, 0.25) is 0 Å². The molecule has 0 saturated carbocycles. The van der Waals surface area contributed by atoms with Gasteiger partial charge in [-0.15, -0.1) is 0 Å². The van der Waals surface area contributed by atoms with Crippen LogP contribution in [0.1, 0.15) is 47.7 Å². The molecule has 1 aliphatic rings. The van der Waals surface area contributed by atoms with E-state index in [1.807, 2.05) is 17.0 Å². The zero-order valence-corrected chi connectivity index (χ0v) is 19.3. The zero-order valence-electron chi connectivity index (χ0n) is 19.3. The Kier molecular flexibility index (Phi) is 8.87. The summed E-state index contributed by atoms with van der Waals surface area (Å²) in [5.41, 5.74) is 2.94. The van der Waals surface area contributed by atoms with Crippen molar-refractivity contribution in [3.63, 3.8) is 0 Å². The summed E-state index contributed by atoms with van der Waals surface area (Å²) in [6, 6.07) is 14.5. The van der Waals surface area contributed by atoms with Crippen molar-refractivity contribution < 1.29 is 23.9 Å². The maximum Gasteiger partial charge on any atom is 0.513 e. The van der Waals surface area contributed by atoms with Crippen LogP contribution in [-0.4, -0.2) is 49.1 Å². The van der Waals surface area contributed by atoms with Crippen LogP contribution in [0.25, 0.3) is 0 Å². The third-order valence-corrected chi connectivity index (χ3v) is 5.97. The van der Waals surface area contributed by atoms with Gasteiger partial charge in [0.05, 0.1) is 6.61 Å². The van der Waals surface area contributed by atoms with E-state index in [2.05, 4.69) is 24.4 Å². The van der Waals surface area contributed by atoms with Crippen molar-refractivity contribution in [2.24, 2.45) is 5.92 Å². The number of hydrogen-bond acceptors (Lipinski definition) is 5. The van der Waals surface area contributed by atoms with Gasteiger partial charge in [0.1, 0.15) is 5.75 Å². The Morgan fingerprint density at radius 3 is 2.39 bits per heavy atom. The molecule has 2 aromatic carbocycles. The van der Waals surface area contributed by atoms with Crippen molar-refractivity contribution in [3.8, 4) is 5.75 Å². The van der Waals surface area contributed by atoms with Gasteiger partial charge in [0.2, 0.25) is 5.91 Å². The average molecular weight is 453 g/mol. The molecule has 2 amide bonds. The number of carbonyl (C=O) groups is 3. The van der Waals surface area contributed by atoms with E-state index in [4.69, 9.17) is 9.47 Å². The van der Waals surface area contributed by atoms with Crippen LogP contribution < -0.4 is 10.1 Å². The number of aryl methyl sites for hydroxylation is 2. The first-order chi connectivity index (χ1) is 16.0. The number of piperidine rings is 1. The molecule has 0 bridgehead atoms. The molecule has 1 fully saturated rings. The highest BCUT2D eigenvalue weighted by molar-refractivity contribution is 5.94. The Morgan fingerprint density at radius 1 is 1.03 bits per heavy atom. The smallest absolute Gasteiger partial charge is 0.434 e. The normalized spacial score (nSPS) is 13.9. The fraction of sp³-hybridized carbons (Fsp3) is 0.423. The minimum absolute atomic E-state index is 0.172. The van der Waals surface area contributed by atoms with Gasteiger partial charge in [0.25, 0.3) is 5.91 Å². The fourth-order valence-electron chi connectivity index (χ4n) is 3.93. The lowest BCUT2D eigenvalue weighted by atomic mass is 9.96. The van der Waals surface area contributed by atoms with E-state index in [0.717, 1.165) is 32.4 Å². The lowest BCUT2D eigenvalue weighted by molar-refractivity contribution is -0.132. The molecule has 1 N–H and O–H groups in total. The summed E-state index contributed by atoms with van der Waals surface area (Å²) in [5, 5.41) is 2.97. The summed E-state index contributed by atoms with van der Waals surface area (Å²) in [6.07, 6.45) is 2.29. The largest absolute Gasteiger partial charge is 0.513 e. The fourth-order valence-corrected chi connectivity index (χ4v) is 3.93. The van der Waals surface area contributed by atoms with E-state index in [9.17, 15) is 14.4 Å². The number of nitrogens with zero attached hydrogens (tertiary/aromatic N) is 1. The molecule has 2 aromatic rings. The van der Waals surface area contributed by atoms with Crippen LogP contribution in [0.4, 0.5) is 4.79 Å². The average Bonchev–Trinajstić information content (AvgIpc) is 2.83. The second kappa shape index (κ2) is 12.0. The zero-order chi connectivity index (χ0) is 23.6. The third kappa shape index (κ3) is 7.34. The molecule has 176 valence electrons. The van der Waals surface area contributed by atoms with E-state index in [1.54, 1.807) is 31.2 Å². The first-order valence-electron chi connectivity index (χ1n) is 11.5. The van der Waals surface area contributed by atoms with Gasteiger partial charge in [0.15, 0.2) is 0 Å². The molecule has 1 heterocycles. The van der Waals surface area contributed by atoms with E-state index < -0.39 is 6.16 Å². The predicted molar refractivity (Wildman–Crippen MR) is 125 cm³/mol. The minimum Gasteiger partial charge on any atom is -0.434 e. The Morgan fingerprint density at radius 2 is 1.73 bits per heavy atom. The molecular weight excluding hydrogens is 420 g/mol. The first-order valence-corrected chi connectivity index (χ1v) is 11.5. The van der Waals surface area contributed by atoms with E-state index >= 15 is 0 Å². The molecular formula is C26H32N2O5. The van der Waals surface area contributed by atoms with Crippen molar-refractivity contribution in [1.29, 1.82) is 0 Å². The number of hydrogen-bond donors (Lipinski definition) is 1. The summed E-state index contributed by atoms with van der Waals surface area (Å²) in [7, 11) is 0. The lowest BCUT2D eigenvalue weighted by Gasteiger charge is -2.32. The monoisotopic (exact) mass is 452 g/mol. The maximum absolute atomic E-state index is 12.6. The van der Waals surface area contributed by atoms with Crippen LogP contribution in [0.15, 0.2) is 48.5 Å². The van der Waals surface area contributed by atoms with Crippen molar-refractivity contribution in [1.82, 2.24) is 10.2 Å². The van der Waals surface area contributed by atoms with Gasteiger partial charge in [-0.3, -0.25) is 9.59 Å². The highest BCUT2D eigenvalue weighted by Gasteiger charge is 2.23. The lowest BCUT2D eigenvalue weighted by Crippen LogP contribution is -2.41. The van der Waals surface area contributed by atoms with Crippen LogP contribution in [0.5, 0.6) is 5.75 Å². The molecule has 0 atom stereocenters. The molecule has 0 unspecified atom stereocenters. The molecule has 0 spiro atoms. The van der Waals surface area contributed by atoms with Crippen LogP contribution >= 0.6 is 0 Å². The van der Waals surface area contributed by atoms with Gasteiger partial charge in [-0.25, -0.2) is 4.79 Å². The number of rotatable bonds is 8. The summed E-state index contributed by atoms with van der Waals surface area (Å²) in [6.45, 7) is 6.04. The molecule has 7 nitrogen and oxygen atoms in total. The Labute approximate surface area is 195 Å². The first kappa shape index (κ1) is 24.3. The van der Waals surface area contributed by atoms with Gasteiger partial charge in [-0.05, 0) is 74.4 Å². The van der Waals surface area contributed by atoms with Crippen molar-refractivity contribution in [2.45, 2.75) is 39.5 Å². The van der Waals surface area contributed by atoms with Gasteiger partial charge < -0.3 is 19.7 Å². The second-order valence-corrected chi connectivity index (χ2v) is 8.27. The van der Waals surface area contributed by atoms with Gasteiger partial charge in [-0.2, -0.15) is 0 Å². The minimum atomic E-state index is -0.769. The number of ether oxygens (including phenoxy) is 2. The van der Waals surface area contributed by atoms with Gasteiger partial charge in [-0.1, -0.05) is 24.3 Å². The van der Waals surface area contributed by atoms with Crippen molar-refractivity contribution >= 4 is 18.0 Å². The molecule has 3 rings (SSSR count). The number of carbonyl (C=O) groups excluding carboxylic acids is 3. The number of benzene rings is 2. The van der Waals surface area contributed by atoms with E-state index in [1.165, 1.54) is 11.1 Å². The van der Waals surface area contributed by atoms with E-state index in [0.29, 0.717) is 30.2 Å². The van der Waals surface area contributed by atoms with Crippen molar-refractivity contribution in [3.05, 3.63) is 65.2 Å². The summed E-state index contributed by atoms with van der Waals surface area (Å²) >= 11 is 0. The summed E-state index contributed by atoms with van der Waals surface area (Å²) < 4.78 is 9.72. The highest BCUT2D eigenvalue weighted by atomic mass is 16.7. The van der Waals surface area contributed by atoms with E-state index in [-0.39, 0.29) is 18.4 Å². The van der Waals surface area contributed by atoms with Crippen LogP contribution in [0.3, 0.4) is 0 Å². The van der Waals surface area contributed by atoms with Crippen molar-refractivity contribution in [2.75, 3.05) is 26.2 Å². The topological polar surface area (TPSA) is 84.9 Å². The van der Waals surface area contributed by atoms with Gasteiger partial charge in [0, 0.05) is 31.6 Å². The number of nitrogens with one attached hydrogen (secondary N) is 1. The SMILES string of the molecule is CCOC(=O)Oc1ccc(C(=O)NCC2CCN(C(=O)CCc3ccccc3C)CC2)cc1. The highest BCUT2D eigenvalue weighted by Crippen LogP contribution is 2.19. The van der Waals surface area contributed by atoms with Crippen LogP contribution in [0, 0.1) is 12.8 Å². The second-order valence-electron chi connectivity index (χ2n) is 8.27. The molecule has 1 aliphatic heterocycles. The number of amides is 2. The van der Waals surface area contributed by atoms with Crippen LogP contribution in [-0.2, 0) is 16.0 Å².